The number of carbonyl (C=O) groups is 1. The van der Waals surface area contributed by atoms with Gasteiger partial charge in [-0.3, -0.25) is 9.69 Å². The molecule has 2 aliphatic heterocycles. The molecule has 2 saturated heterocycles. The molecule has 1 aromatic carbocycles. The van der Waals surface area contributed by atoms with Crippen molar-refractivity contribution in [1.82, 2.24) is 4.90 Å². The van der Waals surface area contributed by atoms with Crippen LogP contribution in [-0.4, -0.2) is 48.2 Å². The van der Waals surface area contributed by atoms with Crippen molar-refractivity contribution in [2.24, 2.45) is 5.92 Å². The van der Waals surface area contributed by atoms with Crippen molar-refractivity contribution in [3.05, 3.63) is 29.0 Å². The van der Waals surface area contributed by atoms with Crippen LogP contribution in [-0.2, 0) is 4.79 Å². The topological polar surface area (TPSA) is 43.8 Å². The number of aliphatic hydroxyl groups excluding tert-OH is 1. The average molecular weight is 327 g/mol. The summed E-state index contributed by atoms with van der Waals surface area (Å²) in [7, 11) is 0. The lowest BCUT2D eigenvalue weighted by molar-refractivity contribution is -0.122. The standard InChI is InChI=1S/C16H20ClFN2O2/c17-13-9-12(1-2-14(13)18)20-8-5-15(16(20)22)19-6-3-11(10-21)4-7-19/h1-2,9,11,15,21H,3-8,10H2. The van der Waals surface area contributed by atoms with Gasteiger partial charge in [-0.15, -0.1) is 0 Å². The van der Waals surface area contributed by atoms with Crippen LogP contribution in [0.3, 0.4) is 0 Å². The van der Waals surface area contributed by atoms with E-state index in [-0.39, 0.29) is 23.6 Å². The molecular weight excluding hydrogens is 307 g/mol. The molecule has 120 valence electrons. The van der Waals surface area contributed by atoms with Gasteiger partial charge in [0, 0.05) is 18.8 Å². The Morgan fingerprint density at radius 3 is 2.59 bits per heavy atom. The molecule has 0 radical (unpaired) electrons. The molecule has 0 saturated carbocycles. The molecule has 0 aliphatic carbocycles. The average Bonchev–Trinajstić information content (AvgIpc) is 2.92. The van der Waals surface area contributed by atoms with Gasteiger partial charge < -0.3 is 10.0 Å². The molecule has 6 heteroatoms. The molecule has 1 aromatic rings. The van der Waals surface area contributed by atoms with Crippen molar-refractivity contribution < 1.29 is 14.3 Å². The second-order valence-electron chi connectivity index (χ2n) is 6.05. The molecule has 1 N–H and O–H groups in total. The fraction of sp³-hybridized carbons (Fsp3) is 0.562. The van der Waals surface area contributed by atoms with E-state index < -0.39 is 5.82 Å². The van der Waals surface area contributed by atoms with E-state index in [9.17, 15) is 14.3 Å². The monoisotopic (exact) mass is 326 g/mol. The van der Waals surface area contributed by atoms with Gasteiger partial charge in [0.15, 0.2) is 0 Å². The molecule has 2 fully saturated rings. The lowest BCUT2D eigenvalue weighted by Crippen LogP contribution is -2.46. The quantitative estimate of drug-likeness (QED) is 0.927. The highest BCUT2D eigenvalue weighted by Crippen LogP contribution is 2.29. The van der Waals surface area contributed by atoms with Crippen LogP contribution in [0.4, 0.5) is 10.1 Å². The molecule has 1 unspecified atom stereocenters. The van der Waals surface area contributed by atoms with Crippen LogP contribution in [0.15, 0.2) is 18.2 Å². The molecule has 0 bridgehead atoms. The van der Waals surface area contributed by atoms with Gasteiger partial charge in [-0.1, -0.05) is 11.6 Å². The summed E-state index contributed by atoms with van der Waals surface area (Å²) in [6.07, 6.45) is 2.64. The summed E-state index contributed by atoms with van der Waals surface area (Å²) in [5.74, 6) is -0.0513. The number of piperidine rings is 1. The Labute approximate surface area is 134 Å². The summed E-state index contributed by atoms with van der Waals surface area (Å²) < 4.78 is 13.3. The van der Waals surface area contributed by atoms with E-state index in [1.165, 1.54) is 12.1 Å². The van der Waals surface area contributed by atoms with Crippen LogP contribution in [0.25, 0.3) is 0 Å². The van der Waals surface area contributed by atoms with Crippen LogP contribution in [0.5, 0.6) is 0 Å². The second kappa shape index (κ2) is 6.52. The first-order valence-corrected chi connectivity index (χ1v) is 8.09. The first-order valence-electron chi connectivity index (χ1n) is 7.71. The van der Waals surface area contributed by atoms with E-state index in [4.69, 9.17) is 11.6 Å². The maximum Gasteiger partial charge on any atom is 0.244 e. The first-order chi connectivity index (χ1) is 10.6. The molecule has 0 spiro atoms. The number of amides is 1. The van der Waals surface area contributed by atoms with E-state index in [1.807, 2.05) is 0 Å². The summed E-state index contributed by atoms with van der Waals surface area (Å²) in [5, 5.41) is 9.24. The molecular formula is C16H20ClFN2O2. The molecule has 2 aliphatic rings. The van der Waals surface area contributed by atoms with Crippen molar-refractivity contribution in [2.45, 2.75) is 25.3 Å². The lowest BCUT2D eigenvalue weighted by atomic mass is 9.96. The van der Waals surface area contributed by atoms with Gasteiger partial charge >= 0.3 is 0 Å². The van der Waals surface area contributed by atoms with Gasteiger partial charge in [-0.05, 0) is 56.5 Å². The van der Waals surface area contributed by atoms with Gasteiger partial charge in [-0.2, -0.15) is 0 Å². The molecule has 1 amide bonds. The zero-order chi connectivity index (χ0) is 15.7. The Balaban J connectivity index is 1.68. The number of likely N-dealkylation sites (tertiary alicyclic amines) is 1. The number of benzene rings is 1. The van der Waals surface area contributed by atoms with E-state index in [0.29, 0.717) is 18.2 Å². The van der Waals surface area contributed by atoms with Crippen molar-refractivity contribution in [2.75, 3.05) is 31.1 Å². The fourth-order valence-corrected chi connectivity index (χ4v) is 3.53. The lowest BCUT2D eigenvalue weighted by Gasteiger charge is -2.34. The third kappa shape index (κ3) is 2.98. The smallest absolute Gasteiger partial charge is 0.244 e. The number of nitrogens with zero attached hydrogens (tertiary/aromatic N) is 2. The summed E-state index contributed by atoms with van der Waals surface area (Å²) in [6.45, 7) is 2.55. The van der Waals surface area contributed by atoms with Crippen molar-refractivity contribution in [3.63, 3.8) is 0 Å². The minimum atomic E-state index is -0.473. The van der Waals surface area contributed by atoms with E-state index in [0.717, 1.165) is 32.4 Å². The number of aliphatic hydroxyl groups is 1. The van der Waals surface area contributed by atoms with Crippen LogP contribution in [0, 0.1) is 11.7 Å². The number of anilines is 1. The van der Waals surface area contributed by atoms with E-state index in [2.05, 4.69) is 4.90 Å². The minimum Gasteiger partial charge on any atom is -0.396 e. The summed E-state index contributed by atoms with van der Waals surface area (Å²) in [5.41, 5.74) is 0.657. The molecule has 2 heterocycles. The highest BCUT2D eigenvalue weighted by atomic mass is 35.5. The summed E-state index contributed by atoms with van der Waals surface area (Å²) in [4.78, 5) is 16.5. The van der Waals surface area contributed by atoms with E-state index >= 15 is 0 Å². The third-order valence-corrected chi connectivity index (χ3v) is 5.03. The van der Waals surface area contributed by atoms with Crippen molar-refractivity contribution in [1.29, 1.82) is 0 Å². The van der Waals surface area contributed by atoms with Gasteiger partial charge in [0.25, 0.3) is 0 Å². The molecule has 3 rings (SSSR count). The summed E-state index contributed by atoms with van der Waals surface area (Å²) in [6, 6.07) is 4.29. The SMILES string of the molecule is O=C1C(N2CCC(CO)CC2)CCN1c1ccc(F)c(Cl)c1. The summed E-state index contributed by atoms with van der Waals surface area (Å²) >= 11 is 5.81. The maximum atomic E-state index is 13.3. The van der Waals surface area contributed by atoms with Crippen LogP contribution < -0.4 is 4.90 Å². The molecule has 0 aromatic heterocycles. The van der Waals surface area contributed by atoms with Gasteiger partial charge in [0.05, 0.1) is 11.1 Å². The predicted octanol–water partition coefficient (Wildman–Crippen LogP) is 2.29. The van der Waals surface area contributed by atoms with Crippen LogP contribution >= 0.6 is 11.6 Å². The van der Waals surface area contributed by atoms with Crippen LogP contribution in [0.2, 0.25) is 5.02 Å². The highest BCUT2D eigenvalue weighted by molar-refractivity contribution is 6.31. The van der Waals surface area contributed by atoms with E-state index in [1.54, 1.807) is 11.0 Å². The Bertz CT molecular complexity index is 561. The van der Waals surface area contributed by atoms with Crippen LogP contribution in [0.1, 0.15) is 19.3 Å². The minimum absolute atomic E-state index is 0.0394. The third-order valence-electron chi connectivity index (χ3n) is 4.74. The number of rotatable bonds is 3. The zero-order valence-electron chi connectivity index (χ0n) is 12.3. The van der Waals surface area contributed by atoms with Crippen molar-refractivity contribution in [3.8, 4) is 0 Å². The molecule has 1 atom stereocenters. The largest absolute Gasteiger partial charge is 0.396 e. The van der Waals surface area contributed by atoms with Gasteiger partial charge in [0.1, 0.15) is 5.82 Å². The predicted molar refractivity (Wildman–Crippen MR) is 83.6 cm³/mol. The zero-order valence-corrected chi connectivity index (χ0v) is 13.1. The maximum absolute atomic E-state index is 13.3. The Morgan fingerprint density at radius 2 is 1.95 bits per heavy atom. The Hall–Kier alpha value is -1.17. The van der Waals surface area contributed by atoms with Gasteiger partial charge in [-0.25, -0.2) is 4.39 Å². The number of hydrogen-bond acceptors (Lipinski definition) is 3. The number of halogens is 2. The molecule has 22 heavy (non-hydrogen) atoms. The number of hydrogen-bond donors (Lipinski definition) is 1. The molecule has 4 nitrogen and oxygen atoms in total. The fourth-order valence-electron chi connectivity index (χ4n) is 3.36. The number of carbonyl (C=O) groups excluding carboxylic acids is 1. The highest BCUT2D eigenvalue weighted by Gasteiger charge is 2.38. The van der Waals surface area contributed by atoms with Gasteiger partial charge in [0.2, 0.25) is 5.91 Å². The normalized spacial score (nSPS) is 24.2. The Morgan fingerprint density at radius 1 is 1.23 bits per heavy atom. The van der Waals surface area contributed by atoms with Crippen molar-refractivity contribution >= 4 is 23.2 Å². The Kier molecular flexibility index (Phi) is 4.66. The first kappa shape index (κ1) is 15.7. The second-order valence-corrected chi connectivity index (χ2v) is 6.46.